The van der Waals surface area contributed by atoms with Crippen LogP contribution in [0.5, 0.6) is 0 Å². The van der Waals surface area contributed by atoms with Gasteiger partial charge in [-0.3, -0.25) is 9.59 Å². The molecule has 3 rings (SSSR count). The minimum absolute atomic E-state index is 0.00813. The summed E-state index contributed by atoms with van der Waals surface area (Å²) in [6, 6.07) is 16.6. The molecule has 2 N–H and O–H groups in total. The number of aromatic nitrogens is 2. The van der Waals surface area contributed by atoms with Crippen molar-refractivity contribution in [3.63, 3.8) is 0 Å². The Morgan fingerprint density at radius 2 is 1.81 bits per heavy atom. The van der Waals surface area contributed by atoms with Crippen molar-refractivity contribution in [3.05, 3.63) is 78.1 Å². The molecule has 3 aromatic rings. The van der Waals surface area contributed by atoms with Crippen molar-refractivity contribution >= 4 is 17.5 Å². The molecule has 0 atom stereocenters. The second kappa shape index (κ2) is 8.80. The molecule has 2 aromatic carbocycles. The smallest absolute Gasteiger partial charge is 0.253 e. The first-order valence-electron chi connectivity index (χ1n) is 8.93. The molecule has 0 fully saturated rings. The van der Waals surface area contributed by atoms with Gasteiger partial charge in [0, 0.05) is 31.0 Å². The van der Waals surface area contributed by atoms with E-state index in [2.05, 4.69) is 15.7 Å². The van der Waals surface area contributed by atoms with Crippen molar-refractivity contribution in [1.82, 2.24) is 15.1 Å². The van der Waals surface area contributed by atoms with Crippen LogP contribution in [-0.2, 0) is 11.3 Å². The van der Waals surface area contributed by atoms with Gasteiger partial charge in [0.15, 0.2) is 0 Å². The molecule has 2 amide bonds. The Bertz CT molecular complexity index is 902. The molecule has 0 saturated carbocycles. The average molecular weight is 362 g/mol. The fourth-order valence-corrected chi connectivity index (χ4v) is 2.71. The molecule has 6 nitrogen and oxygen atoms in total. The summed E-state index contributed by atoms with van der Waals surface area (Å²) in [5, 5.41) is 9.98. The van der Waals surface area contributed by atoms with E-state index in [9.17, 15) is 9.59 Å². The van der Waals surface area contributed by atoms with Crippen molar-refractivity contribution in [2.24, 2.45) is 0 Å². The van der Waals surface area contributed by atoms with Crippen LogP contribution in [0.1, 0.15) is 35.7 Å². The van der Waals surface area contributed by atoms with Crippen molar-refractivity contribution in [3.8, 4) is 5.69 Å². The highest BCUT2D eigenvalue weighted by Gasteiger charge is 2.12. The second-order valence-electron chi connectivity index (χ2n) is 6.15. The molecule has 0 aliphatic rings. The number of anilines is 1. The highest BCUT2D eigenvalue weighted by Crippen LogP contribution is 2.14. The number of para-hydroxylation sites is 1. The van der Waals surface area contributed by atoms with E-state index in [0.717, 1.165) is 23.4 Å². The summed E-state index contributed by atoms with van der Waals surface area (Å²) in [4.78, 5) is 24.2. The van der Waals surface area contributed by atoms with Crippen LogP contribution in [0.15, 0.2) is 67.0 Å². The minimum Gasteiger partial charge on any atom is -0.348 e. The van der Waals surface area contributed by atoms with Crippen molar-refractivity contribution in [2.75, 3.05) is 5.32 Å². The van der Waals surface area contributed by atoms with Crippen LogP contribution >= 0.6 is 0 Å². The van der Waals surface area contributed by atoms with E-state index >= 15 is 0 Å². The van der Waals surface area contributed by atoms with Crippen LogP contribution in [0, 0.1) is 0 Å². The molecule has 6 heteroatoms. The Morgan fingerprint density at radius 3 is 2.52 bits per heavy atom. The molecule has 0 unspecified atom stereocenters. The Kier molecular flexibility index (Phi) is 5.99. The third-order valence-electron chi connectivity index (χ3n) is 4.07. The minimum atomic E-state index is -0.165. The van der Waals surface area contributed by atoms with Crippen molar-refractivity contribution in [2.45, 2.75) is 26.3 Å². The first-order chi connectivity index (χ1) is 13.2. The standard InChI is InChI=1S/C21H22N4O2/c1-2-6-20(26)24-17-11-9-16(10-12-17)15-22-21(27)18-7-3-4-8-19(18)25-14-5-13-23-25/h3-5,7-14H,2,6,15H2,1H3,(H,22,27)(H,24,26). The highest BCUT2D eigenvalue weighted by molar-refractivity contribution is 5.97. The van der Waals surface area contributed by atoms with Crippen LogP contribution in [0.2, 0.25) is 0 Å². The predicted molar refractivity (Wildman–Crippen MR) is 105 cm³/mol. The number of hydrogen-bond acceptors (Lipinski definition) is 3. The van der Waals surface area contributed by atoms with Crippen LogP contribution < -0.4 is 10.6 Å². The summed E-state index contributed by atoms with van der Waals surface area (Å²) < 4.78 is 1.67. The van der Waals surface area contributed by atoms with Gasteiger partial charge in [-0.05, 0) is 42.3 Å². The Hall–Kier alpha value is -3.41. The highest BCUT2D eigenvalue weighted by atomic mass is 16.2. The maximum absolute atomic E-state index is 12.6. The van der Waals surface area contributed by atoms with E-state index in [1.807, 2.05) is 55.5 Å². The van der Waals surface area contributed by atoms with Gasteiger partial charge in [-0.15, -0.1) is 0 Å². The summed E-state index contributed by atoms with van der Waals surface area (Å²) in [6.45, 7) is 2.37. The lowest BCUT2D eigenvalue weighted by molar-refractivity contribution is -0.116. The maximum atomic E-state index is 12.6. The molecule has 0 bridgehead atoms. The fourth-order valence-electron chi connectivity index (χ4n) is 2.71. The van der Waals surface area contributed by atoms with Crippen molar-refractivity contribution in [1.29, 1.82) is 0 Å². The Balaban J connectivity index is 1.62. The lowest BCUT2D eigenvalue weighted by Gasteiger charge is -2.11. The monoisotopic (exact) mass is 362 g/mol. The van der Waals surface area contributed by atoms with E-state index in [1.54, 1.807) is 23.1 Å². The predicted octanol–water partition coefficient (Wildman–Crippen LogP) is 3.54. The van der Waals surface area contributed by atoms with Crippen LogP contribution in [0.25, 0.3) is 5.69 Å². The summed E-state index contributed by atoms with van der Waals surface area (Å²) in [5.41, 5.74) is 3.00. The van der Waals surface area contributed by atoms with E-state index < -0.39 is 0 Å². The number of nitrogens with zero attached hydrogens (tertiary/aromatic N) is 2. The molecule has 0 aliphatic carbocycles. The molecule has 0 radical (unpaired) electrons. The fraction of sp³-hybridized carbons (Fsp3) is 0.190. The molecule has 0 saturated heterocycles. The molecule has 0 aliphatic heterocycles. The first kappa shape index (κ1) is 18.4. The van der Waals surface area contributed by atoms with E-state index in [0.29, 0.717) is 18.5 Å². The largest absolute Gasteiger partial charge is 0.348 e. The number of hydrogen-bond donors (Lipinski definition) is 2. The van der Waals surface area contributed by atoms with Crippen LogP contribution in [0.3, 0.4) is 0 Å². The number of carbonyl (C=O) groups excluding carboxylic acids is 2. The molecular weight excluding hydrogens is 340 g/mol. The van der Waals surface area contributed by atoms with Gasteiger partial charge in [-0.25, -0.2) is 4.68 Å². The number of rotatable bonds is 7. The number of nitrogens with one attached hydrogen (secondary N) is 2. The van der Waals surface area contributed by atoms with E-state index in [-0.39, 0.29) is 11.8 Å². The molecule has 138 valence electrons. The van der Waals surface area contributed by atoms with Gasteiger partial charge < -0.3 is 10.6 Å². The SMILES string of the molecule is CCCC(=O)Nc1ccc(CNC(=O)c2ccccc2-n2cccn2)cc1. The molecule has 1 heterocycles. The van der Waals surface area contributed by atoms with Gasteiger partial charge >= 0.3 is 0 Å². The average Bonchev–Trinajstić information content (AvgIpc) is 3.22. The number of amides is 2. The van der Waals surface area contributed by atoms with Crippen molar-refractivity contribution < 1.29 is 9.59 Å². The van der Waals surface area contributed by atoms with Gasteiger partial charge in [0.2, 0.25) is 5.91 Å². The Morgan fingerprint density at radius 1 is 1.04 bits per heavy atom. The van der Waals surface area contributed by atoms with Gasteiger partial charge in [0.25, 0.3) is 5.91 Å². The third-order valence-corrected chi connectivity index (χ3v) is 4.07. The topological polar surface area (TPSA) is 76.0 Å². The quantitative estimate of drug-likeness (QED) is 0.675. The normalized spacial score (nSPS) is 10.4. The molecule has 1 aromatic heterocycles. The lowest BCUT2D eigenvalue weighted by atomic mass is 10.1. The summed E-state index contributed by atoms with van der Waals surface area (Å²) >= 11 is 0. The zero-order valence-corrected chi connectivity index (χ0v) is 15.2. The molecule has 27 heavy (non-hydrogen) atoms. The lowest BCUT2D eigenvalue weighted by Crippen LogP contribution is -2.24. The summed E-state index contributed by atoms with van der Waals surface area (Å²) in [7, 11) is 0. The first-order valence-corrected chi connectivity index (χ1v) is 8.93. The summed E-state index contributed by atoms with van der Waals surface area (Å²) in [6.07, 6.45) is 4.80. The van der Waals surface area contributed by atoms with Gasteiger partial charge in [0.1, 0.15) is 0 Å². The summed E-state index contributed by atoms with van der Waals surface area (Å²) in [5.74, 6) is -0.157. The molecular formula is C21H22N4O2. The second-order valence-corrected chi connectivity index (χ2v) is 6.15. The Labute approximate surface area is 158 Å². The van der Waals surface area contributed by atoms with Crippen LogP contribution in [-0.4, -0.2) is 21.6 Å². The number of benzene rings is 2. The van der Waals surface area contributed by atoms with Gasteiger partial charge in [-0.2, -0.15) is 5.10 Å². The zero-order chi connectivity index (χ0) is 19.1. The van der Waals surface area contributed by atoms with E-state index in [1.165, 1.54) is 0 Å². The third kappa shape index (κ3) is 4.82. The zero-order valence-electron chi connectivity index (χ0n) is 15.2. The maximum Gasteiger partial charge on any atom is 0.253 e. The molecule has 0 spiro atoms. The van der Waals surface area contributed by atoms with Gasteiger partial charge in [-0.1, -0.05) is 31.2 Å². The van der Waals surface area contributed by atoms with E-state index in [4.69, 9.17) is 0 Å². The van der Waals surface area contributed by atoms with Gasteiger partial charge in [0.05, 0.1) is 11.3 Å². The number of carbonyl (C=O) groups is 2. The van der Waals surface area contributed by atoms with Crippen LogP contribution in [0.4, 0.5) is 5.69 Å².